The van der Waals surface area contributed by atoms with E-state index in [1.54, 1.807) is 30.5 Å². The van der Waals surface area contributed by atoms with Crippen LogP contribution in [0.5, 0.6) is 0 Å². The van der Waals surface area contributed by atoms with Crippen LogP contribution in [0.2, 0.25) is 0 Å². The van der Waals surface area contributed by atoms with E-state index in [0.717, 1.165) is 28.9 Å². The van der Waals surface area contributed by atoms with Gasteiger partial charge in [-0.25, -0.2) is 0 Å². The summed E-state index contributed by atoms with van der Waals surface area (Å²) >= 11 is 0. The maximum atomic E-state index is 13.2. The highest BCUT2D eigenvalue weighted by molar-refractivity contribution is 5.88. The van der Waals surface area contributed by atoms with E-state index < -0.39 is 0 Å². The molecule has 0 spiro atoms. The number of aryl methyl sites for hydroxylation is 3. The molecule has 2 aromatic carbocycles. The predicted molar refractivity (Wildman–Crippen MR) is 110 cm³/mol. The fraction of sp³-hybridized carbons (Fsp3) is 0.174. The van der Waals surface area contributed by atoms with Gasteiger partial charge >= 0.3 is 0 Å². The Bertz CT molecular complexity index is 1290. The standard InChI is InChI=1S/C23H20N4O/c1-4-17-6-5-7-20(12-17)26-15(2)21-14-25-27(23(28)22(21)16(26)3)19-10-8-18(13-24)9-11-19/h5-12,14H,4H2,1-3H3. The molecule has 2 heterocycles. The summed E-state index contributed by atoms with van der Waals surface area (Å²) in [5, 5.41) is 14.9. The summed E-state index contributed by atoms with van der Waals surface area (Å²) in [6.45, 7) is 6.12. The smallest absolute Gasteiger partial charge is 0.281 e. The van der Waals surface area contributed by atoms with Gasteiger partial charge in [0, 0.05) is 22.5 Å². The lowest BCUT2D eigenvalue weighted by Gasteiger charge is -2.10. The van der Waals surface area contributed by atoms with Gasteiger partial charge in [-0.1, -0.05) is 19.1 Å². The average molecular weight is 368 g/mol. The Labute approximate surface area is 163 Å². The van der Waals surface area contributed by atoms with E-state index >= 15 is 0 Å². The number of hydrogen-bond acceptors (Lipinski definition) is 3. The number of aromatic nitrogens is 3. The van der Waals surface area contributed by atoms with Crippen LogP contribution < -0.4 is 5.56 Å². The molecule has 0 N–H and O–H groups in total. The summed E-state index contributed by atoms with van der Waals surface area (Å²) in [7, 11) is 0. The molecule has 0 unspecified atom stereocenters. The minimum Gasteiger partial charge on any atom is -0.317 e. The lowest BCUT2D eigenvalue weighted by molar-refractivity contribution is 0.821. The highest BCUT2D eigenvalue weighted by Gasteiger charge is 2.18. The number of hydrogen-bond donors (Lipinski definition) is 0. The largest absolute Gasteiger partial charge is 0.317 e. The average Bonchev–Trinajstić information content (AvgIpc) is 2.99. The van der Waals surface area contributed by atoms with Gasteiger partial charge in [0.1, 0.15) is 0 Å². The van der Waals surface area contributed by atoms with Crippen molar-refractivity contribution in [3.63, 3.8) is 0 Å². The number of benzene rings is 2. The second-order valence-corrected chi connectivity index (χ2v) is 6.84. The molecule has 0 aliphatic rings. The van der Waals surface area contributed by atoms with Crippen LogP contribution in [0.25, 0.3) is 22.1 Å². The van der Waals surface area contributed by atoms with Crippen molar-refractivity contribution in [2.75, 3.05) is 0 Å². The van der Waals surface area contributed by atoms with Crippen LogP contribution in [0.15, 0.2) is 59.5 Å². The molecule has 0 bridgehead atoms. The third-order valence-electron chi connectivity index (χ3n) is 5.22. The Morgan fingerprint density at radius 3 is 2.46 bits per heavy atom. The van der Waals surface area contributed by atoms with Crippen LogP contribution >= 0.6 is 0 Å². The first-order valence-corrected chi connectivity index (χ1v) is 9.25. The highest BCUT2D eigenvalue weighted by Crippen LogP contribution is 2.26. The minimum atomic E-state index is -0.159. The fourth-order valence-electron chi connectivity index (χ4n) is 3.73. The Hall–Kier alpha value is -3.65. The lowest BCUT2D eigenvalue weighted by atomic mass is 10.1. The molecule has 0 atom stereocenters. The highest BCUT2D eigenvalue weighted by atomic mass is 16.1. The van der Waals surface area contributed by atoms with E-state index in [1.807, 2.05) is 19.9 Å². The molecule has 0 saturated heterocycles. The maximum Gasteiger partial charge on any atom is 0.281 e. The van der Waals surface area contributed by atoms with Crippen molar-refractivity contribution in [2.24, 2.45) is 0 Å². The zero-order chi connectivity index (χ0) is 19.8. The molecular weight excluding hydrogens is 348 g/mol. The fourth-order valence-corrected chi connectivity index (χ4v) is 3.73. The first-order chi connectivity index (χ1) is 13.5. The Morgan fingerprint density at radius 2 is 1.79 bits per heavy atom. The van der Waals surface area contributed by atoms with Gasteiger partial charge in [-0.05, 0) is 62.2 Å². The molecule has 5 nitrogen and oxygen atoms in total. The molecule has 138 valence electrons. The number of fused-ring (bicyclic) bond motifs is 1. The van der Waals surface area contributed by atoms with E-state index in [1.165, 1.54) is 10.2 Å². The third-order valence-corrected chi connectivity index (χ3v) is 5.22. The molecule has 0 amide bonds. The summed E-state index contributed by atoms with van der Waals surface area (Å²) in [6.07, 6.45) is 2.71. The van der Waals surface area contributed by atoms with Gasteiger partial charge in [0.15, 0.2) is 0 Å². The van der Waals surface area contributed by atoms with Gasteiger partial charge in [0.05, 0.1) is 28.9 Å². The number of nitrogens with zero attached hydrogens (tertiary/aromatic N) is 4. The van der Waals surface area contributed by atoms with Crippen molar-refractivity contribution in [1.82, 2.24) is 14.3 Å². The van der Waals surface area contributed by atoms with E-state index in [9.17, 15) is 4.79 Å². The zero-order valence-electron chi connectivity index (χ0n) is 16.1. The van der Waals surface area contributed by atoms with Crippen molar-refractivity contribution >= 4 is 10.8 Å². The van der Waals surface area contributed by atoms with Crippen molar-refractivity contribution in [2.45, 2.75) is 27.2 Å². The molecule has 0 fully saturated rings. The molecule has 4 rings (SSSR count). The van der Waals surface area contributed by atoms with Crippen LogP contribution in [0.1, 0.15) is 29.4 Å². The van der Waals surface area contributed by atoms with Crippen molar-refractivity contribution < 1.29 is 0 Å². The van der Waals surface area contributed by atoms with Gasteiger partial charge in [0.2, 0.25) is 0 Å². The van der Waals surface area contributed by atoms with Crippen LogP contribution in [-0.4, -0.2) is 14.3 Å². The first kappa shape index (κ1) is 17.7. The van der Waals surface area contributed by atoms with Crippen LogP contribution in [0.3, 0.4) is 0 Å². The molecular formula is C23H20N4O. The second-order valence-electron chi connectivity index (χ2n) is 6.84. The Kier molecular flexibility index (Phi) is 4.32. The number of rotatable bonds is 3. The predicted octanol–water partition coefficient (Wildman–Crippen LogP) is 4.23. The number of nitriles is 1. The van der Waals surface area contributed by atoms with Crippen LogP contribution in [-0.2, 0) is 6.42 Å². The SMILES string of the molecule is CCc1cccc(-n2c(C)c3cnn(-c4ccc(C#N)cc4)c(=O)c3c2C)c1. The third kappa shape index (κ3) is 2.71. The van der Waals surface area contributed by atoms with Crippen molar-refractivity contribution in [1.29, 1.82) is 5.26 Å². The molecule has 4 aromatic rings. The van der Waals surface area contributed by atoms with Gasteiger partial charge in [-0.2, -0.15) is 15.0 Å². The van der Waals surface area contributed by atoms with Gasteiger partial charge < -0.3 is 4.57 Å². The molecule has 0 saturated carbocycles. The van der Waals surface area contributed by atoms with Gasteiger partial charge in [0.25, 0.3) is 5.56 Å². The summed E-state index contributed by atoms with van der Waals surface area (Å²) in [5.41, 5.74) is 5.23. The van der Waals surface area contributed by atoms with E-state index in [-0.39, 0.29) is 5.56 Å². The molecule has 0 radical (unpaired) electrons. The molecule has 2 aromatic heterocycles. The van der Waals surface area contributed by atoms with Gasteiger partial charge in [-0.15, -0.1) is 0 Å². The summed E-state index contributed by atoms with van der Waals surface area (Å²) in [4.78, 5) is 13.2. The van der Waals surface area contributed by atoms with Crippen molar-refractivity contribution in [3.05, 3.63) is 87.6 Å². The first-order valence-electron chi connectivity index (χ1n) is 9.25. The van der Waals surface area contributed by atoms with E-state index in [0.29, 0.717) is 16.6 Å². The summed E-state index contributed by atoms with van der Waals surface area (Å²) in [5.74, 6) is 0. The van der Waals surface area contributed by atoms with Crippen LogP contribution in [0.4, 0.5) is 0 Å². The summed E-state index contributed by atoms with van der Waals surface area (Å²) < 4.78 is 3.51. The second kappa shape index (κ2) is 6.82. The van der Waals surface area contributed by atoms with E-state index in [4.69, 9.17) is 5.26 Å². The molecule has 0 aliphatic carbocycles. The summed E-state index contributed by atoms with van der Waals surface area (Å²) in [6, 6.07) is 17.3. The topological polar surface area (TPSA) is 63.6 Å². The normalized spacial score (nSPS) is 10.9. The van der Waals surface area contributed by atoms with Crippen molar-refractivity contribution in [3.8, 4) is 17.4 Å². The zero-order valence-corrected chi connectivity index (χ0v) is 16.1. The quantitative estimate of drug-likeness (QED) is 0.544. The van der Waals surface area contributed by atoms with Crippen LogP contribution in [0, 0.1) is 25.2 Å². The molecule has 5 heteroatoms. The minimum absolute atomic E-state index is 0.159. The Morgan fingerprint density at radius 1 is 1.04 bits per heavy atom. The maximum absolute atomic E-state index is 13.2. The monoisotopic (exact) mass is 368 g/mol. The van der Waals surface area contributed by atoms with Gasteiger partial charge in [-0.3, -0.25) is 4.79 Å². The molecule has 0 aliphatic heterocycles. The molecule has 28 heavy (non-hydrogen) atoms. The lowest BCUT2D eigenvalue weighted by Crippen LogP contribution is -2.21. The van der Waals surface area contributed by atoms with E-state index in [2.05, 4.69) is 40.9 Å². The Balaban J connectivity index is 1.95.